The van der Waals surface area contributed by atoms with Crippen LogP contribution in [0.3, 0.4) is 0 Å². The summed E-state index contributed by atoms with van der Waals surface area (Å²) in [5, 5.41) is 9.50. The minimum Gasteiger partial charge on any atom is -0.393 e. The number of likely N-dealkylation sites (tertiary alicyclic amines) is 1. The Kier molecular flexibility index (Phi) is 3.98. The van der Waals surface area contributed by atoms with E-state index in [-0.39, 0.29) is 17.9 Å². The number of halogens is 2. The van der Waals surface area contributed by atoms with Gasteiger partial charge in [-0.2, -0.15) is 0 Å². The maximum absolute atomic E-state index is 12.2. The predicted molar refractivity (Wildman–Crippen MR) is 70.0 cm³/mol. The van der Waals surface area contributed by atoms with Crippen LogP contribution in [-0.4, -0.2) is 35.1 Å². The van der Waals surface area contributed by atoms with Crippen molar-refractivity contribution in [2.75, 3.05) is 13.1 Å². The number of thiophene rings is 1. The second kappa shape index (κ2) is 5.14. The van der Waals surface area contributed by atoms with Crippen molar-refractivity contribution in [3.63, 3.8) is 0 Å². The van der Waals surface area contributed by atoms with E-state index in [1.807, 2.05) is 0 Å². The first kappa shape index (κ1) is 13.1. The van der Waals surface area contributed by atoms with Crippen molar-refractivity contribution in [3.05, 3.63) is 20.3 Å². The Morgan fingerprint density at radius 2 is 2.35 bits per heavy atom. The van der Waals surface area contributed by atoms with Crippen LogP contribution in [0, 0.1) is 5.92 Å². The Bertz CT molecular complexity index is 433. The van der Waals surface area contributed by atoms with Gasteiger partial charge < -0.3 is 10.0 Å². The van der Waals surface area contributed by atoms with Crippen LogP contribution in [0.1, 0.15) is 23.7 Å². The summed E-state index contributed by atoms with van der Waals surface area (Å²) in [6, 6.07) is 1.60. The Morgan fingerprint density at radius 1 is 1.65 bits per heavy atom. The number of aliphatic hydroxyl groups excluding tert-OH is 1. The number of hydrogen-bond donors (Lipinski definition) is 1. The minimum absolute atomic E-state index is 0.0960. The highest BCUT2D eigenvalue weighted by atomic mass is 35.5. The van der Waals surface area contributed by atoms with Gasteiger partial charge in [-0.3, -0.25) is 4.79 Å². The molecule has 1 N–H and O–H groups in total. The van der Waals surface area contributed by atoms with Gasteiger partial charge in [-0.05, 0) is 19.4 Å². The van der Waals surface area contributed by atoms with Crippen LogP contribution in [0.25, 0.3) is 0 Å². The maximum atomic E-state index is 12.2. The van der Waals surface area contributed by atoms with Gasteiger partial charge in [-0.15, -0.1) is 11.3 Å². The molecule has 2 rings (SSSR count). The van der Waals surface area contributed by atoms with Gasteiger partial charge in [0.1, 0.15) is 4.34 Å². The lowest BCUT2D eigenvalue weighted by Gasteiger charge is -2.17. The zero-order chi connectivity index (χ0) is 12.6. The van der Waals surface area contributed by atoms with E-state index >= 15 is 0 Å². The van der Waals surface area contributed by atoms with Crippen molar-refractivity contribution < 1.29 is 9.90 Å². The summed E-state index contributed by atoms with van der Waals surface area (Å²) in [6.07, 6.45) is 0.452. The number of aliphatic hydroxyl groups is 1. The van der Waals surface area contributed by atoms with Crippen LogP contribution in [0.2, 0.25) is 8.67 Å². The second-order valence-electron chi connectivity index (χ2n) is 4.28. The quantitative estimate of drug-likeness (QED) is 0.911. The van der Waals surface area contributed by atoms with Gasteiger partial charge in [0.15, 0.2) is 0 Å². The smallest absolute Gasteiger partial charge is 0.256 e. The standard InChI is InChI=1S/C11H13Cl2NO2S/c1-6(15)7-2-3-14(5-7)11(16)8-4-9(12)17-10(8)13/h4,6-7,15H,2-3,5H2,1H3. The number of carbonyl (C=O) groups is 1. The van der Waals surface area contributed by atoms with Crippen LogP contribution in [0.5, 0.6) is 0 Å². The number of carbonyl (C=O) groups excluding carboxylic acids is 1. The largest absolute Gasteiger partial charge is 0.393 e. The Morgan fingerprint density at radius 3 is 2.82 bits per heavy atom. The lowest BCUT2D eigenvalue weighted by Crippen LogP contribution is -2.30. The van der Waals surface area contributed by atoms with Gasteiger partial charge in [-0.1, -0.05) is 23.2 Å². The van der Waals surface area contributed by atoms with Gasteiger partial charge in [0.2, 0.25) is 0 Å². The normalized spacial score (nSPS) is 21.9. The van der Waals surface area contributed by atoms with E-state index < -0.39 is 0 Å². The lowest BCUT2D eigenvalue weighted by atomic mass is 10.0. The summed E-state index contributed by atoms with van der Waals surface area (Å²) < 4.78 is 0.949. The van der Waals surface area contributed by atoms with Gasteiger partial charge in [0, 0.05) is 19.0 Å². The van der Waals surface area contributed by atoms with E-state index in [9.17, 15) is 9.90 Å². The van der Waals surface area contributed by atoms with E-state index in [1.165, 1.54) is 11.3 Å². The van der Waals surface area contributed by atoms with Gasteiger partial charge in [-0.25, -0.2) is 0 Å². The number of rotatable bonds is 2. The molecule has 1 aromatic rings. The summed E-state index contributed by atoms with van der Waals surface area (Å²) in [4.78, 5) is 13.9. The number of hydrogen-bond acceptors (Lipinski definition) is 3. The van der Waals surface area contributed by atoms with Crippen LogP contribution in [0.15, 0.2) is 6.07 Å². The van der Waals surface area contributed by atoms with Crippen molar-refractivity contribution in [1.29, 1.82) is 0 Å². The first-order valence-electron chi connectivity index (χ1n) is 5.41. The summed E-state index contributed by atoms with van der Waals surface area (Å²) in [5.41, 5.74) is 0.466. The van der Waals surface area contributed by atoms with Crippen LogP contribution in [-0.2, 0) is 0 Å². The Balaban J connectivity index is 2.09. The third-order valence-corrected chi connectivity index (χ3v) is 4.57. The molecular weight excluding hydrogens is 281 g/mol. The molecule has 1 aliphatic rings. The molecule has 2 atom stereocenters. The van der Waals surface area contributed by atoms with Gasteiger partial charge in [0.25, 0.3) is 5.91 Å². The Labute approximate surface area is 114 Å². The molecule has 1 saturated heterocycles. The minimum atomic E-state index is -0.380. The highest BCUT2D eigenvalue weighted by Gasteiger charge is 2.30. The van der Waals surface area contributed by atoms with E-state index in [2.05, 4.69) is 0 Å². The third kappa shape index (κ3) is 2.76. The average molecular weight is 294 g/mol. The lowest BCUT2D eigenvalue weighted by molar-refractivity contribution is 0.0763. The molecule has 0 bridgehead atoms. The zero-order valence-corrected chi connectivity index (χ0v) is 11.6. The second-order valence-corrected chi connectivity index (χ2v) is 6.56. The third-order valence-electron chi connectivity index (χ3n) is 3.08. The molecule has 2 heterocycles. The monoisotopic (exact) mass is 293 g/mol. The molecule has 0 aromatic carbocycles. The maximum Gasteiger partial charge on any atom is 0.256 e. The van der Waals surface area contributed by atoms with Crippen LogP contribution in [0.4, 0.5) is 0 Å². The van der Waals surface area contributed by atoms with Crippen molar-refractivity contribution >= 4 is 40.4 Å². The average Bonchev–Trinajstić information content (AvgIpc) is 2.84. The van der Waals surface area contributed by atoms with Crippen LogP contribution < -0.4 is 0 Å². The summed E-state index contributed by atoms with van der Waals surface area (Å²) in [7, 11) is 0. The molecule has 94 valence electrons. The molecule has 0 saturated carbocycles. The highest BCUT2D eigenvalue weighted by molar-refractivity contribution is 7.20. The predicted octanol–water partition coefficient (Wildman–Crippen LogP) is 2.90. The summed E-state index contributed by atoms with van der Waals surface area (Å²) in [5.74, 6) is 0.0631. The molecule has 3 nitrogen and oxygen atoms in total. The SMILES string of the molecule is CC(O)C1CCN(C(=O)c2cc(Cl)sc2Cl)C1. The molecule has 6 heteroatoms. The molecule has 17 heavy (non-hydrogen) atoms. The highest BCUT2D eigenvalue weighted by Crippen LogP contribution is 2.33. The molecule has 0 radical (unpaired) electrons. The molecule has 1 fully saturated rings. The topological polar surface area (TPSA) is 40.5 Å². The van der Waals surface area contributed by atoms with E-state index in [4.69, 9.17) is 23.2 Å². The van der Waals surface area contributed by atoms with E-state index in [1.54, 1.807) is 17.9 Å². The van der Waals surface area contributed by atoms with Crippen molar-refractivity contribution in [3.8, 4) is 0 Å². The van der Waals surface area contributed by atoms with Gasteiger partial charge >= 0.3 is 0 Å². The molecule has 0 aliphatic carbocycles. The first-order chi connectivity index (χ1) is 7.99. The van der Waals surface area contributed by atoms with Crippen LogP contribution >= 0.6 is 34.5 Å². The summed E-state index contributed by atoms with van der Waals surface area (Å²) >= 11 is 13.0. The van der Waals surface area contributed by atoms with Crippen molar-refractivity contribution in [1.82, 2.24) is 4.90 Å². The van der Waals surface area contributed by atoms with Crippen molar-refractivity contribution in [2.45, 2.75) is 19.4 Å². The first-order valence-corrected chi connectivity index (χ1v) is 6.98. The molecular formula is C11H13Cl2NO2S. The number of nitrogens with zero attached hydrogens (tertiary/aromatic N) is 1. The summed E-state index contributed by atoms with van der Waals surface area (Å²) in [6.45, 7) is 3.01. The number of amides is 1. The molecule has 1 aromatic heterocycles. The fourth-order valence-electron chi connectivity index (χ4n) is 2.02. The fourth-order valence-corrected chi connectivity index (χ4v) is 3.47. The molecule has 0 spiro atoms. The molecule has 1 amide bonds. The fraction of sp³-hybridized carbons (Fsp3) is 0.545. The molecule has 2 unspecified atom stereocenters. The van der Waals surface area contributed by atoms with Gasteiger partial charge in [0.05, 0.1) is 16.0 Å². The molecule has 1 aliphatic heterocycles. The zero-order valence-electron chi connectivity index (χ0n) is 9.32. The van der Waals surface area contributed by atoms with E-state index in [0.717, 1.165) is 6.42 Å². The van der Waals surface area contributed by atoms with Crippen molar-refractivity contribution in [2.24, 2.45) is 5.92 Å². The van der Waals surface area contributed by atoms with E-state index in [0.29, 0.717) is 27.3 Å². The Hall–Kier alpha value is -0.290.